The summed E-state index contributed by atoms with van der Waals surface area (Å²) < 4.78 is 0. The largest absolute Gasteiger partial charge is 0.334 e. The van der Waals surface area contributed by atoms with Crippen LogP contribution in [0.4, 0.5) is 0 Å². The van der Waals surface area contributed by atoms with Crippen molar-refractivity contribution in [3.05, 3.63) is 42.7 Å². The molecule has 0 saturated carbocycles. The number of pyridine rings is 1. The van der Waals surface area contributed by atoms with Crippen LogP contribution in [-0.2, 0) is 4.79 Å². The average molecular weight is 216 g/mol. The summed E-state index contributed by atoms with van der Waals surface area (Å²) in [6.45, 7) is 6.53. The van der Waals surface area contributed by atoms with E-state index in [1.807, 2.05) is 36.1 Å². The maximum Gasteiger partial charge on any atom is 0.223 e. The highest BCUT2D eigenvalue weighted by molar-refractivity contribution is 5.79. The first-order valence-corrected chi connectivity index (χ1v) is 5.55. The Bertz CT molecular complexity index is 388. The summed E-state index contributed by atoms with van der Waals surface area (Å²) >= 11 is 0. The summed E-state index contributed by atoms with van der Waals surface area (Å²) in [7, 11) is 0. The molecule has 16 heavy (non-hydrogen) atoms. The lowest BCUT2D eigenvalue weighted by atomic mass is 10.1. The van der Waals surface area contributed by atoms with E-state index in [0.717, 1.165) is 12.2 Å². The van der Waals surface area contributed by atoms with E-state index >= 15 is 0 Å². The van der Waals surface area contributed by atoms with Crippen molar-refractivity contribution < 1.29 is 4.79 Å². The minimum atomic E-state index is 0.0543. The van der Waals surface area contributed by atoms with E-state index in [0.29, 0.717) is 12.3 Å². The molecule has 1 aromatic rings. The molecule has 1 amide bonds. The van der Waals surface area contributed by atoms with Crippen LogP contribution in [0.2, 0.25) is 0 Å². The fourth-order valence-electron chi connectivity index (χ4n) is 2.08. The second kappa shape index (κ2) is 4.47. The summed E-state index contributed by atoms with van der Waals surface area (Å²) in [6, 6.07) is 5.84. The number of hydrogen-bond acceptors (Lipinski definition) is 2. The number of amides is 1. The Hall–Kier alpha value is -1.64. The van der Waals surface area contributed by atoms with E-state index in [4.69, 9.17) is 0 Å². The van der Waals surface area contributed by atoms with Gasteiger partial charge < -0.3 is 4.90 Å². The fourth-order valence-corrected chi connectivity index (χ4v) is 2.08. The SMILES string of the molecule is C=CC1CC(=O)N([C@@H](C)c2ccccn2)C1. The molecule has 84 valence electrons. The van der Waals surface area contributed by atoms with Crippen LogP contribution in [0.15, 0.2) is 37.1 Å². The van der Waals surface area contributed by atoms with Crippen LogP contribution in [-0.4, -0.2) is 22.3 Å². The molecule has 0 aromatic carbocycles. The van der Waals surface area contributed by atoms with E-state index in [2.05, 4.69) is 11.6 Å². The molecule has 2 atom stereocenters. The van der Waals surface area contributed by atoms with Gasteiger partial charge in [0.1, 0.15) is 0 Å². The van der Waals surface area contributed by atoms with Gasteiger partial charge in [0.25, 0.3) is 0 Å². The molecule has 0 bridgehead atoms. The highest BCUT2D eigenvalue weighted by atomic mass is 16.2. The number of likely N-dealkylation sites (tertiary alicyclic amines) is 1. The highest BCUT2D eigenvalue weighted by Crippen LogP contribution is 2.27. The van der Waals surface area contributed by atoms with Crippen molar-refractivity contribution in [2.75, 3.05) is 6.54 Å². The molecule has 0 N–H and O–H groups in total. The van der Waals surface area contributed by atoms with Crippen molar-refractivity contribution >= 4 is 5.91 Å². The second-order valence-corrected chi connectivity index (χ2v) is 4.18. The lowest BCUT2D eigenvalue weighted by Crippen LogP contribution is -2.28. The number of aromatic nitrogens is 1. The van der Waals surface area contributed by atoms with E-state index in [9.17, 15) is 4.79 Å². The molecule has 2 rings (SSSR count). The summed E-state index contributed by atoms with van der Waals surface area (Å²) in [5.74, 6) is 0.488. The van der Waals surface area contributed by atoms with Gasteiger partial charge in [-0.25, -0.2) is 0 Å². The number of nitrogens with zero attached hydrogens (tertiary/aromatic N) is 2. The first-order chi connectivity index (χ1) is 7.72. The Morgan fingerprint density at radius 3 is 3.00 bits per heavy atom. The van der Waals surface area contributed by atoms with Crippen molar-refractivity contribution in [3.8, 4) is 0 Å². The van der Waals surface area contributed by atoms with Gasteiger partial charge in [-0.2, -0.15) is 0 Å². The van der Waals surface area contributed by atoms with Crippen molar-refractivity contribution in [1.82, 2.24) is 9.88 Å². The minimum Gasteiger partial charge on any atom is -0.334 e. The van der Waals surface area contributed by atoms with Crippen LogP contribution in [0, 0.1) is 5.92 Å². The van der Waals surface area contributed by atoms with Gasteiger partial charge in [-0.3, -0.25) is 9.78 Å². The molecule has 0 radical (unpaired) electrons. The number of carbonyl (C=O) groups excluding carboxylic acids is 1. The average Bonchev–Trinajstić information content (AvgIpc) is 2.71. The van der Waals surface area contributed by atoms with Gasteiger partial charge in [-0.1, -0.05) is 12.1 Å². The minimum absolute atomic E-state index is 0.0543. The smallest absolute Gasteiger partial charge is 0.223 e. The Morgan fingerprint density at radius 1 is 1.62 bits per heavy atom. The molecule has 1 aliphatic heterocycles. The zero-order valence-corrected chi connectivity index (χ0v) is 9.47. The molecule has 2 heterocycles. The van der Waals surface area contributed by atoms with E-state index in [1.165, 1.54) is 0 Å². The third kappa shape index (κ3) is 1.98. The molecule has 1 unspecified atom stereocenters. The molecule has 0 spiro atoms. The van der Waals surface area contributed by atoms with Gasteiger partial charge in [0, 0.05) is 25.1 Å². The zero-order chi connectivity index (χ0) is 11.5. The molecule has 3 heteroatoms. The lowest BCUT2D eigenvalue weighted by Gasteiger charge is -2.24. The molecule has 3 nitrogen and oxygen atoms in total. The molecule has 1 saturated heterocycles. The van der Waals surface area contributed by atoms with E-state index in [1.54, 1.807) is 6.20 Å². The molecule has 0 aliphatic carbocycles. The maximum absolute atomic E-state index is 11.8. The van der Waals surface area contributed by atoms with Crippen LogP contribution in [0.1, 0.15) is 25.1 Å². The van der Waals surface area contributed by atoms with Crippen molar-refractivity contribution in [1.29, 1.82) is 0 Å². The van der Waals surface area contributed by atoms with Gasteiger partial charge in [0.2, 0.25) is 5.91 Å². The van der Waals surface area contributed by atoms with E-state index in [-0.39, 0.29) is 11.9 Å². The van der Waals surface area contributed by atoms with Crippen LogP contribution in [0.5, 0.6) is 0 Å². The fraction of sp³-hybridized carbons (Fsp3) is 0.385. The third-order valence-corrected chi connectivity index (χ3v) is 3.11. The van der Waals surface area contributed by atoms with Crippen LogP contribution >= 0.6 is 0 Å². The van der Waals surface area contributed by atoms with Crippen LogP contribution in [0.3, 0.4) is 0 Å². The number of hydrogen-bond donors (Lipinski definition) is 0. The van der Waals surface area contributed by atoms with Gasteiger partial charge in [0.15, 0.2) is 0 Å². The Morgan fingerprint density at radius 2 is 2.44 bits per heavy atom. The van der Waals surface area contributed by atoms with Crippen molar-refractivity contribution in [3.63, 3.8) is 0 Å². The maximum atomic E-state index is 11.8. The molecule has 1 aliphatic rings. The quantitative estimate of drug-likeness (QED) is 0.725. The third-order valence-electron chi connectivity index (χ3n) is 3.11. The van der Waals surface area contributed by atoms with Crippen LogP contribution in [0.25, 0.3) is 0 Å². The Balaban J connectivity index is 2.14. The normalized spacial score (nSPS) is 22.2. The Kier molecular flexibility index (Phi) is 3.04. The van der Waals surface area contributed by atoms with Crippen molar-refractivity contribution in [2.24, 2.45) is 5.92 Å². The predicted octanol–water partition coefficient (Wildman–Crippen LogP) is 2.18. The molecule has 1 aromatic heterocycles. The van der Waals surface area contributed by atoms with Crippen molar-refractivity contribution in [2.45, 2.75) is 19.4 Å². The topological polar surface area (TPSA) is 33.2 Å². The van der Waals surface area contributed by atoms with Gasteiger partial charge in [0.05, 0.1) is 11.7 Å². The first kappa shape index (κ1) is 10.9. The van der Waals surface area contributed by atoms with E-state index < -0.39 is 0 Å². The number of rotatable bonds is 3. The van der Waals surface area contributed by atoms with Crippen LogP contribution < -0.4 is 0 Å². The lowest BCUT2D eigenvalue weighted by molar-refractivity contribution is -0.129. The first-order valence-electron chi connectivity index (χ1n) is 5.55. The zero-order valence-electron chi connectivity index (χ0n) is 9.47. The monoisotopic (exact) mass is 216 g/mol. The standard InChI is InChI=1S/C13H16N2O/c1-3-11-8-13(16)15(9-11)10(2)12-6-4-5-7-14-12/h3-7,10-11H,1,8-9H2,2H3/t10-,11?/m0/s1. The Labute approximate surface area is 95.8 Å². The summed E-state index contributed by atoms with van der Waals surface area (Å²) in [5.41, 5.74) is 0.945. The molecular formula is C13H16N2O. The second-order valence-electron chi connectivity index (χ2n) is 4.18. The van der Waals surface area contributed by atoms with Gasteiger partial charge in [-0.05, 0) is 19.1 Å². The highest BCUT2D eigenvalue weighted by Gasteiger charge is 2.31. The predicted molar refractivity (Wildman–Crippen MR) is 62.7 cm³/mol. The van der Waals surface area contributed by atoms with Gasteiger partial charge in [-0.15, -0.1) is 6.58 Å². The number of carbonyl (C=O) groups is 1. The summed E-state index contributed by atoms with van der Waals surface area (Å²) in [5, 5.41) is 0. The van der Waals surface area contributed by atoms with Gasteiger partial charge >= 0.3 is 0 Å². The summed E-state index contributed by atoms with van der Waals surface area (Å²) in [4.78, 5) is 18.0. The summed E-state index contributed by atoms with van der Waals surface area (Å²) in [6.07, 6.45) is 4.21. The molecule has 1 fully saturated rings. The molecular weight excluding hydrogens is 200 g/mol.